The van der Waals surface area contributed by atoms with Crippen LogP contribution in [0.5, 0.6) is 0 Å². The van der Waals surface area contributed by atoms with Gasteiger partial charge in [0.2, 0.25) is 0 Å². The van der Waals surface area contributed by atoms with E-state index in [1.165, 1.54) is 12.1 Å². The molecule has 0 spiro atoms. The maximum Gasteiger partial charge on any atom is 0.416 e. The molecular weight excluding hydrogens is 399 g/mol. The van der Waals surface area contributed by atoms with Crippen molar-refractivity contribution >= 4 is 18.2 Å². The van der Waals surface area contributed by atoms with E-state index in [2.05, 4.69) is 4.98 Å². The fourth-order valence-electron chi connectivity index (χ4n) is 3.36. The first-order valence-corrected chi connectivity index (χ1v) is 9.35. The summed E-state index contributed by atoms with van der Waals surface area (Å²) < 4.78 is 38.2. The summed E-state index contributed by atoms with van der Waals surface area (Å²) in [6.07, 6.45) is -1.05. The maximum absolute atomic E-state index is 12.9. The summed E-state index contributed by atoms with van der Waals surface area (Å²) in [6, 6.07) is 8.72. The Kier molecular flexibility index (Phi) is 7.79. The zero-order valence-corrected chi connectivity index (χ0v) is 16.8. The third kappa shape index (κ3) is 5.95. The van der Waals surface area contributed by atoms with Gasteiger partial charge in [0.1, 0.15) is 5.82 Å². The van der Waals surface area contributed by atoms with Crippen molar-refractivity contribution in [1.29, 1.82) is 0 Å². The van der Waals surface area contributed by atoms with E-state index in [0.29, 0.717) is 24.5 Å². The summed E-state index contributed by atoms with van der Waals surface area (Å²) in [6.45, 7) is 0.902. The first-order chi connectivity index (χ1) is 14.2. The van der Waals surface area contributed by atoms with E-state index < -0.39 is 11.7 Å². The summed E-state index contributed by atoms with van der Waals surface area (Å²) in [5.74, 6) is 0.675. The number of nitrogens with zero attached hydrogens (tertiary/aromatic N) is 3. The van der Waals surface area contributed by atoms with Crippen LogP contribution in [0, 0.1) is 0 Å². The largest absolute Gasteiger partial charge is 0.483 e. The minimum Gasteiger partial charge on any atom is -0.483 e. The van der Waals surface area contributed by atoms with Crippen LogP contribution in [-0.2, 0) is 11.0 Å². The Bertz CT molecular complexity index is 855. The van der Waals surface area contributed by atoms with Gasteiger partial charge in [-0.1, -0.05) is 12.1 Å². The molecule has 0 saturated carbocycles. The summed E-state index contributed by atoms with van der Waals surface area (Å²) in [7, 11) is 3.72. The fraction of sp³-hybridized carbons (Fsp3) is 0.381. The van der Waals surface area contributed by atoms with Crippen molar-refractivity contribution in [3.05, 3.63) is 59.3 Å². The topological polar surface area (TPSA) is 73.7 Å². The molecule has 1 aromatic heterocycles. The second-order valence-corrected chi connectivity index (χ2v) is 7.11. The van der Waals surface area contributed by atoms with Crippen molar-refractivity contribution in [2.75, 3.05) is 32.1 Å². The zero-order valence-electron chi connectivity index (χ0n) is 16.8. The number of aromatic nitrogens is 1. The van der Waals surface area contributed by atoms with Crippen LogP contribution in [0.15, 0.2) is 42.6 Å². The van der Waals surface area contributed by atoms with Crippen molar-refractivity contribution in [2.45, 2.75) is 24.9 Å². The number of rotatable bonds is 3. The molecule has 0 aliphatic carbocycles. The molecule has 1 unspecified atom stereocenters. The number of benzene rings is 1. The van der Waals surface area contributed by atoms with Gasteiger partial charge < -0.3 is 14.9 Å². The lowest BCUT2D eigenvalue weighted by molar-refractivity contribution is -0.137. The second-order valence-electron chi connectivity index (χ2n) is 7.11. The highest BCUT2D eigenvalue weighted by molar-refractivity contribution is 5.95. The van der Waals surface area contributed by atoms with Gasteiger partial charge in [-0.15, -0.1) is 0 Å². The van der Waals surface area contributed by atoms with E-state index in [1.54, 1.807) is 23.2 Å². The molecule has 6 nitrogen and oxygen atoms in total. The number of anilines is 1. The normalized spacial score (nSPS) is 16.3. The van der Waals surface area contributed by atoms with Crippen LogP contribution < -0.4 is 4.90 Å². The number of likely N-dealkylation sites (tertiary alicyclic amines) is 1. The van der Waals surface area contributed by atoms with Crippen LogP contribution in [-0.4, -0.2) is 54.6 Å². The Hall–Kier alpha value is -3.10. The van der Waals surface area contributed by atoms with Gasteiger partial charge in [-0.3, -0.25) is 9.59 Å². The molecule has 1 aliphatic rings. The van der Waals surface area contributed by atoms with Gasteiger partial charge >= 0.3 is 6.18 Å². The first kappa shape index (κ1) is 23.2. The van der Waals surface area contributed by atoms with E-state index in [1.807, 2.05) is 19.0 Å². The molecule has 1 saturated heterocycles. The predicted octanol–water partition coefficient (Wildman–Crippen LogP) is 3.89. The lowest BCUT2D eigenvalue weighted by atomic mass is 9.90. The molecule has 0 radical (unpaired) electrons. The van der Waals surface area contributed by atoms with Crippen molar-refractivity contribution in [2.24, 2.45) is 0 Å². The van der Waals surface area contributed by atoms with Gasteiger partial charge in [-0.2, -0.15) is 13.2 Å². The van der Waals surface area contributed by atoms with Crippen LogP contribution in [0.2, 0.25) is 0 Å². The minimum absolute atomic E-state index is 0.0418. The highest BCUT2D eigenvalue weighted by Crippen LogP contribution is 2.32. The van der Waals surface area contributed by atoms with E-state index in [-0.39, 0.29) is 18.3 Å². The van der Waals surface area contributed by atoms with Crippen LogP contribution >= 0.6 is 0 Å². The van der Waals surface area contributed by atoms with Crippen molar-refractivity contribution < 1.29 is 27.9 Å². The molecule has 1 aromatic carbocycles. The number of piperidine rings is 1. The Labute approximate surface area is 172 Å². The molecule has 3 rings (SSSR count). The number of pyridine rings is 1. The molecule has 1 aliphatic heterocycles. The van der Waals surface area contributed by atoms with Crippen molar-refractivity contribution in [3.63, 3.8) is 0 Å². The average molecular weight is 423 g/mol. The van der Waals surface area contributed by atoms with Crippen molar-refractivity contribution in [1.82, 2.24) is 9.88 Å². The third-order valence-corrected chi connectivity index (χ3v) is 4.87. The van der Waals surface area contributed by atoms with E-state index in [4.69, 9.17) is 9.90 Å². The summed E-state index contributed by atoms with van der Waals surface area (Å²) in [5, 5.41) is 6.89. The molecule has 1 N–H and O–H groups in total. The summed E-state index contributed by atoms with van der Waals surface area (Å²) in [5.41, 5.74) is 0.758. The summed E-state index contributed by atoms with van der Waals surface area (Å²) in [4.78, 5) is 29.1. The first-order valence-electron chi connectivity index (χ1n) is 9.35. The molecule has 0 bridgehead atoms. The number of carboxylic acid groups (broad SMARTS) is 1. The van der Waals surface area contributed by atoms with E-state index in [0.717, 1.165) is 30.5 Å². The number of carbonyl (C=O) groups is 2. The zero-order chi connectivity index (χ0) is 22.3. The lowest BCUT2D eigenvalue weighted by Crippen LogP contribution is -2.39. The number of alkyl halides is 3. The number of carbonyl (C=O) groups excluding carboxylic acids is 1. The Morgan fingerprint density at radius 3 is 2.43 bits per heavy atom. The molecule has 9 heteroatoms. The van der Waals surface area contributed by atoms with Gasteiger partial charge in [-0.25, -0.2) is 4.98 Å². The number of hydrogen-bond donors (Lipinski definition) is 1. The van der Waals surface area contributed by atoms with Crippen molar-refractivity contribution in [3.8, 4) is 0 Å². The molecule has 1 atom stereocenters. The molecular formula is C21H24F3N3O3. The lowest BCUT2D eigenvalue weighted by Gasteiger charge is -2.33. The third-order valence-electron chi connectivity index (χ3n) is 4.87. The quantitative estimate of drug-likeness (QED) is 0.759. The number of halogens is 3. The van der Waals surface area contributed by atoms with Gasteiger partial charge in [0, 0.05) is 44.9 Å². The Morgan fingerprint density at radius 2 is 1.87 bits per heavy atom. The predicted molar refractivity (Wildman–Crippen MR) is 107 cm³/mol. The monoisotopic (exact) mass is 423 g/mol. The smallest absolute Gasteiger partial charge is 0.416 e. The fourth-order valence-corrected chi connectivity index (χ4v) is 3.36. The van der Waals surface area contributed by atoms with Gasteiger partial charge in [-0.05, 0) is 42.7 Å². The SMILES string of the molecule is CN(C)c1cc(C(=O)N2CCCC(c3ccc(C(F)(F)F)cc3)C2)ccn1.O=CO. The molecule has 162 valence electrons. The van der Waals surface area contributed by atoms with Gasteiger partial charge in [0.15, 0.2) is 0 Å². The Morgan fingerprint density at radius 1 is 1.23 bits per heavy atom. The maximum atomic E-state index is 12.9. The van der Waals surface area contributed by atoms with Gasteiger partial charge in [0.05, 0.1) is 5.56 Å². The highest BCUT2D eigenvalue weighted by Gasteiger charge is 2.31. The van der Waals surface area contributed by atoms with Crippen LogP contribution in [0.1, 0.15) is 40.2 Å². The average Bonchev–Trinajstić information content (AvgIpc) is 2.73. The second kappa shape index (κ2) is 10.1. The van der Waals surface area contributed by atoms with Crippen LogP contribution in [0.25, 0.3) is 0 Å². The Balaban J connectivity index is 0.00000101. The number of hydrogen-bond acceptors (Lipinski definition) is 4. The van der Waals surface area contributed by atoms with Gasteiger partial charge in [0.25, 0.3) is 12.4 Å². The molecule has 1 amide bonds. The van der Waals surface area contributed by atoms with Crippen LogP contribution in [0.4, 0.5) is 19.0 Å². The molecule has 30 heavy (non-hydrogen) atoms. The standard InChI is InChI=1S/C20H22F3N3O.CH2O2/c1-25(2)18-12-15(9-10-24-18)19(27)26-11-3-4-16(13-26)14-5-7-17(8-6-14)20(21,22)23;2-1-3/h5-10,12,16H,3-4,11,13H2,1-2H3;1H,(H,2,3). The summed E-state index contributed by atoms with van der Waals surface area (Å²) >= 11 is 0. The molecule has 1 fully saturated rings. The van der Waals surface area contributed by atoms with E-state index in [9.17, 15) is 18.0 Å². The van der Waals surface area contributed by atoms with E-state index >= 15 is 0 Å². The molecule has 2 aromatic rings. The number of amides is 1. The van der Waals surface area contributed by atoms with Crippen LogP contribution in [0.3, 0.4) is 0 Å². The highest BCUT2D eigenvalue weighted by atomic mass is 19.4. The molecule has 2 heterocycles. The minimum atomic E-state index is -4.33.